The summed E-state index contributed by atoms with van der Waals surface area (Å²) in [6, 6.07) is 3.87. The second-order valence-electron chi connectivity index (χ2n) is 3.97. The lowest BCUT2D eigenvalue weighted by molar-refractivity contribution is 0.0529. The number of hydrogen-bond donors (Lipinski definition) is 0. The van der Waals surface area contributed by atoms with E-state index in [4.69, 9.17) is 9.15 Å². The first kappa shape index (κ1) is 9.59. The molecule has 0 aromatic carbocycles. The highest BCUT2D eigenvalue weighted by Crippen LogP contribution is 2.19. The lowest BCUT2D eigenvalue weighted by atomic mass is 10.3. The summed E-state index contributed by atoms with van der Waals surface area (Å²) in [5.74, 6) is 0.941. The summed E-state index contributed by atoms with van der Waals surface area (Å²) in [4.78, 5) is 10.7. The van der Waals surface area contributed by atoms with Crippen molar-refractivity contribution >= 4 is 17.0 Å². The largest absolute Gasteiger partial charge is 0.442 e. The van der Waals surface area contributed by atoms with Crippen LogP contribution < -0.4 is 4.90 Å². The number of nitrogens with zero attached hydrogens (tertiary/aromatic N) is 3. The third kappa shape index (κ3) is 1.63. The molecule has 2 aromatic rings. The van der Waals surface area contributed by atoms with Gasteiger partial charge in [-0.05, 0) is 19.1 Å². The lowest BCUT2D eigenvalue weighted by Crippen LogP contribution is -2.41. The van der Waals surface area contributed by atoms with Crippen LogP contribution in [0.15, 0.2) is 22.9 Å². The number of oxazole rings is 1. The summed E-state index contributed by atoms with van der Waals surface area (Å²) < 4.78 is 10.7. The van der Waals surface area contributed by atoms with Crippen LogP contribution >= 0.6 is 0 Å². The minimum absolute atomic E-state index is 0.253. The molecule has 0 saturated carbocycles. The fourth-order valence-electron chi connectivity index (χ4n) is 1.95. The van der Waals surface area contributed by atoms with Crippen molar-refractivity contribution in [3.8, 4) is 0 Å². The molecule has 16 heavy (non-hydrogen) atoms. The van der Waals surface area contributed by atoms with Gasteiger partial charge in [-0.15, -0.1) is 0 Å². The fraction of sp³-hybridized carbons (Fsp3) is 0.455. The van der Waals surface area contributed by atoms with E-state index in [2.05, 4.69) is 21.8 Å². The van der Waals surface area contributed by atoms with E-state index in [0.29, 0.717) is 5.65 Å². The van der Waals surface area contributed by atoms with Crippen LogP contribution in [0.3, 0.4) is 0 Å². The van der Waals surface area contributed by atoms with E-state index >= 15 is 0 Å². The Bertz CT molecular complexity index is 497. The first-order valence-corrected chi connectivity index (χ1v) is 5.40. The molecule has 3 rings (SSSR count). The van der Waals surface area contributed by atoms with Crippen molar-refractivity contribution in [3.05, 3.63) is 18.5 Å². The van der Waals surface area contributed by atoms with Gasteiger partial charge in [-0.3, -0.25) is 0 Å². The maximum absolute atomic E-state index is 5.50. The number of morpholine rings is 1. The average molecular weight is 219 g/mol. The predicted octanol–water partition coefficient (Wildman–Crippen LogP) is 1.45. The number of aromatic nitrogens is 2. The summed E-state index contributed by atoms with van der Waals surface area (Å²) in [7, 11) is 0. The third-order valence-corrected chi connectivity index (χ3v) is 2.74. The normalized spacial score (nSPS) is 21.6. The third-order valence-electron chi connectivity index (χ3n) is 2.74. The molecule has 2 aromatic heterocycles. The molecule has 1 aliphatic rings. The number of hydrogen-bond acceptors (Lipinski definition) is 5. The molecule has 5 heteroatoms. The molecule has 84 valence electrons. The highest BCUT2D eigenvalue weighted by Gasteiger charge is 2.18. The molecule has 5 nitrogen and oxygen atoms in total. The molecule has 1 saturated heterocycles. The van der Waals surface area contributed by atoms with E-state index in [1.807, 2.05) is 12.1 Å². The Kier molecular flexibility index (Phi) is 2.25. The van der Waals surface area contributed by atoms with Gasteiger partial charge in [-0.25, -0.2) is 4.98 Å². The van der Waals surface area contributed by atoms with Crippen molar-refractivity contribution < 1.29 is 9.15 Å². The first-order chi connectivity index (χ1) is 7.83. The summed E-state index contributed by atoms with van der Waals surface area (Å²) in [5.41, 5.74) is 1.39. The van der Waals surface area contributed by atoms with Crippen LogP contribution in [0.5, 0.6) is 0 Å². The van der Waals surface area contributed by atoms with Gasteiger partial charge in [0.1, 0.15) is 5.82 Å². The maximum Gasteiger partial charge on any atom is 0.200 e. The topological polar surface area (TPSA) is 51.4 Å². The van der Waals surface area contributed by atoms with E-state index in [9.17, 15) is 0 Å². The Balaban J connectivity index is 1.92. The summed E-state index contributed by atoms with van der Waals surface area (Å²) in [5, 5.41) is 0. The van der Waals surface area contributed by atoms with Gasteiger partial charge >= 0.3 is 0 Å². The highest BCUT2D eigenvalue weighted by atomic mass is 16.5. The molecule has 1 fully saturated rings. The second-order valence-corrected chi connectivity index (χ2v) is 3.97. The summed E-state index contributed by atoms with van der Waals surface area (Å²) in [6.45, 7) is 4.57. The van der Waals surface area contributed by atoms with Gasteiger partial charge in [0, 0.05) is 13.1 Å². The van der Waals surface area contributed by atoms with Crippen LogP contribution in [0.25, 0.3) is 11.2 Å². The van der Waals surface area contributed by atoms with Crippen molar-refractivity contribution in [2.45, 2.75) is 13.0 Å². The molecule has 0 N–H and O–H groups in total. The van der Waals surface area contributed by atoms with Crippen molar-refractivity contribution in [3.63, 3.8) is 0 Å². The molecule has 0 spiro atoms. The van der Waals surface area contributed by atoms with E-state index in [1.54, 1.807) is 0 Å². The van der Waals surface area contributed by atoms with E-state index in [-0.39, 0.29) is 6.10 Å². The van der Waals surface area contributed by atoms with E-state index in [1.165, 1.54) is 6.39 Å². The van der Waals surface area contributed by atoms with Crippen LogP contribution in [0.4, 0.5) is 5.82 Å². The van der Waals surface area contributed by atoms with Crippen molar-refractivity contribution in [2.24, 2.45) is 0 Å². The molecular weight excluding hydrogens is 206 g/mol. The van der Waals surface area contributed by atoms with Gasteiger partial charge in [0.05, 0.1) is 12.7 Å². The van der Waals surface area contributed by atoms with Gasteiger partial charge < -0.3 is 14.1 Å². The number of anilines is 1. The molecule has 0 amide bonds. The number of fused-ring (bicyclic) bond motifs is 1. The Morgan fingerprint density at radius 3 is 3.25 bits per heavy atom. The van der Waals surface area contributed by atoms with Crippen LogP contribution in [0.1, 0.15) is 6.92 Å². The molecule has 0 unspecified atom stereocenters. The fourth-order valence-corrected chi connectivity index (χ4v) is 1.95. The maximum atomic E-state index is 5.50. The monoisotopic (exact) mass is 219 g/mol. The zero-order chi connectivity index (χ0) is 11.0. The zero-order valence-corrected chi connectivity index (χ0v) is 9.09. The van der Waals surface area contributed by atoms with Crippen molar-refractivity contribution in [2.75, 3.05) is 24.6 Å². The lowest BCUT2D eigenvalue weighted by Gasteiger charge is -2.31. The van der Waals surface area contributed by atoms with Crippen molar-refractivity contribution in [1.82, 2.24) is 9.97 Å². The molecule has 1 aliphatic heterocycles. The van der Waals surface area contributed by atoms with Gasteiger partial charge in [0.2, 0.25) is 0 Å². The number of rotatable bonds is 1. The SMILES string of the molecule is C[C@@H]1CN(c2ccc3ocnc3n2)CCO1. The first-order valence-electron chi connectivity index (χ1n) is 5.40. The second kappa shape index (κ2) is 3.75. The molecular formula is C11H13N3O2. The summed E-state index contributed by atoms with van der Waals surface area (Å²) in [6.07, 6.45) is 1.67. The Labute approximate surface area is 93.0 Å². The van der Waals surface area contributed by atoms with Crippen LogP contribution in [0, 0.1) is 0 Å². The van der Waals surface area contributed by atoms with Gasteiger partial charge in [-0.2, -0.15) is 4.98 Å². The minimum atomic E-state index is 0.253. The predicted molar refractivity (Wildman–Crippen MR) is 59.4 cm³/mol. The van der Waals surface area contributed by atoms with Gasteiger partial charge in [0.25, 0.3) is 0 Å². The Morgan fingerprint density at radius 1 is 1.44 bits per heavy atom. The van der Waals surface area contributed by atoms with Crippen LogP contribution in [0.2, 0.25) is 0 Å². The molecule has 0 aliphatic carbocycles. The minimum Gasteiger partial charge on any atom is -0.442 e. The Hall–Kier alpha value is -1.62. The average Bonchev–Trinajstić information content (AvgIpc) is 2.75. The molecule has 1 atom stereocenters. The van der Waals surface area contributed by atoms with Crippen LogP contribution in [-0.2, 0) is 4.74 Å². The summed E-state index contributed by atoms with van der Waals surface area (Å²) >= 11 is 0. The number of pyridine rings is 1. The smallest absolute Gasteiger partial charge is 0.200 e. The standard InChI is InChI=1S/C11H13N3O2/c1-8-6-14(4-5-15-8)10-3-2-9-11(13-10)12-7-16-9/h2-3,7-8H,4-6H2,1H3/t8-/m1/s1. The molecule has 3 heterocycles. The van der Waals surface area contributed by atoms with Gasteiger partial charge in [-0.1, -0.05) is 0 Å². The van der Waals surface area contributed by atoms with Crippen LogP contribution in [-0.4, -0.2) is 35.8 Å². The molecule has 0 bridgehead atoms. The quantitative estimate of drug-likeness (QED) is 0.726. The highest BCUT2D eigenvalue weighted by molar-refractivity contribution is 5.70. The van der Waals surface area contributed by atoms with E-state index < -0.39 is 0 Å². The molecule has 0 radical (unpaired) electrons. The van der Waals surface area contributed by atoms with Crippen molar-refractivity contribution in [1.29, 1.82) is 0 Å². The van der Waals surface area contributed by atoms with E-state index in [0.717, 1.165) is 31.1 Å². The van der Waals surface area contributed by atoms with Gasteiger partial charge in [0.15, 0.2) is 17.6 Å². The number of ether oxygens (including phenoxy) is 1. The Morgan fingerprint density at radius 2 is 2.38 bits per heavy atom. The zero-order valence-electron chi connectivity index (χ0n) is 9.09.